The first-order chi connectivity index (χ1) is 13.7. The van der Waals surface area contributed by atoms with Gasteiger partial charge in [0.1, 0.15) is 17.2 Å². The second kappa shape index (κ2) is 7.87. The van der Waals surface area contributed by atoms with E-state index in [9.17, 15) is 17.6 Å². The van der Waals surface area contributed by atoms with E-state index in [1.165, 1.54) is 42.7 Å². The van der Waals surface area contributed by atoms with E-state index in [1.54, 1.807) is 12.1 Å². The number of amides is 1. The zero-order valence-corrected chi connectivity index (χ0v) is 17.6. The number of nitrogens with one attached hydrogen (secondary N) is 1. The second-order valence-electron chi connectivity index (χ2n) is 6.85. The highest BCUT2D eigenvalue weighted by atomic mass is 32.2. The average molecular weight is 418 g/mol. The second-order valence-corrected chi connectivity index (χ2v) is 8.86. The third-order valence-electron chi connectivity index (χ3n) is 4.81. The molecule has 0 radical (unpaired) electrons. The first-order valence-corrected chi connectivity index (χ1v) is 11.0. The Hall–Kier alpha value is -2.87. The van der Waals surface area contributed by atoms with Crippen molar-refractivity contribution in [2.24, 2.45) is 0 Å². The molecule has 0 unspecified atom stereocenters. The summed E-state index contributed by atoms with van der Waals surface area (Å²) in [4.78, 5) is 12.6. The number of fused-ring (bicyclic) bond motifs is 1. The van der Waals surface area contributed by atoms with Gasteiger partial charge in [-0.05, 0) is 42.3 Å². The Morgan fingerprint density at radius 1 is 1.21 bits per heavy atom. The van der Waals surface area contributed by atoms with Gasteiger partial charge in [0, 0.05) is 31.1 Å². The Kier molecular flexibility index (Phi) is 5.66. The smallest absolute Gasteiger partial charge is 0.255 e. The molecule has 0 aliphatic heterocycles. The molecule has 0 aliphatic carbocycles. The Morgan fingerprint density at radius 2 is 1.86 bits per heavy atom. The number of sulfonamides is 1. The lowest BCUT2D eigenvalue weighted by Gasteiger charge is -2.20. The molecule has 154 valence electrons. The van der Waals surface area contributed by atoms with Crippen LogP contribution < -0.4 is 9.62 Å². The fourth-order valence-electron chi connectivity index (χ4n) is 3.27. The third-order valence-corrected chi connectivity index (χ3v) is 6.00. The minimum absolute atomic E-state index is 0.306. The molecule has 3 aromatic rings. The van der Waals surface area contributed by atoms with Crippen molar-refractivity contribution in [1.82, 2.24) is 5.32 Å². The molecule has 0 saturated heterocycles. The van der Waals surface area contributed by atoms with Gasteiger partial charge in [-0.2, -0.15) is 0 Å². The van der Waals surface area contributed by atoms with Crippen molar-refractivity contribution in [3.05, 3.63) is 53.3 Å². The number of hydrogen-bond acceptors (Lipinski definition) is 4. The number of rotatable bonds is 6. The van der Waals surface area contributed by atoms with Gasteiger partial charge < -0.3 is 9.73 Å². The summed E-state index contributed by atoms with van der Waals surface area (Å²) in [5.41, 5.74) is 2.57. The fourth-order valence-corrected chi connectivity index (χ4v) is 3.80. The maximum absolute atomic E-state index is 13.4. The van der Waals surface area contributed by atoms with Crippen LogP contribution in [-0.2, 0) is 16.4 Å². The van der Waals surface area contributed by atoms with Gasteiger partial charge in [-0.15, -0.1) is 0 Å². The Balaban J connectivity index is 2.33. The van der Waals surface area contributed by atoms with Crippen molar-refractivity contribution in [1.29, 1.82) is 0 Å². The van der Waals surface area contributed by atoms with Crippen LogP contribution in [0.25, 0.3) is 22.3 Å². The highest BCUT2D eigenvalue weighted by molar-refractivity contribution is 7.92. The van der Waals surface area contributed by atoms with E-state index >= 15 is 0 Å². The van der Waals surface area contributed by atoms with Gasteiger partial charge in [-0.3, -0.25) is 9.10 Å². The molecule has 6 nitrogen and oxygen atoms in total. The lowest BCUT2D eigenvalue weighted by molar-refractivity contribution is 0.0964. The minimum Gasteiger partial charge on any atom is -0.455 e. The molecule has 3 rings (SSSR count). The fraction of sp³-hybridized carbons (Fsp3) is 0.286. The Labute approximate surface area is 169 Å². The van der Waals surface area contributed by atoms with Crippen LogP contribution in [0, 0.1) is 5.82 Å². The van der Waals surface area contributed by atoms with E-state index in [2.05, 4.69) is 5.32 Å². The number of carbonyl (C=O) groups is 1. The van der Waals surface area contributed by atoms with Crippen LogP contribution in [0.2, 0.25) is 0 Å². The largest absolute Gasteiger partial charge is 0.455 e. The molecule has 0 bridgehead atoms. The molecule has 0 fully saturated rings. The van der Waals surface area contributed by atoms with E-state index in [1.807, 2.05) is 6.92 Å². The highest BCUT2D eigenvalue weighted by Crippen LogP contribution is 2.38. The Morgan fingerprint density at radius 3 is 2.41 bits per heavy atom. The van der Waals surface area contributed by atoms with Gasteiger partial charge in [0.05, 0.1) is 17.5 Å². The normalized spacial score (nSPS) is 11.6. The average Bonchev–Trinajstić information content (AvgIpc) is 3.04. The maximum atomic E-state index is 13.4. The van der Waals surface area contributed by atoms with Crippen LogP contribution >= 0.6 is 0 Å². The molecule has 0 aliphatic rings. The van der Waals surface area contributed by atoms with Crippen molar-refractivity contribution in [3.8, 4) is 11.3 Å². The summed E-state index contributed by atoms with van der Waals surface area (Å²) in [5.74, 6) is -0.427. The zero-order valence-electron chi connectivity index (χ0n) is 16.7. The topological polar surface area (TPSA) is 79.6 Å². The molecule has 1 amide bonds. The van der Waals surface area contributed by atoms with E-state index in [4.69, 9.17) is 4.42 Å². The summed E-state index contributed by atoms with van der Waals surface area (Å²) < 4.78 is 44.7. The molecule has 2 aromatic carbocycles. The molecule has 1 heterocycles. The maximum Gasteiger partial charge on any atom is 0.255 e. The molecule has 8 heteroatoms. The molecular weight excluding hydrogens is 395 g/mol. The van der Waals surface area contributed by atoms with E-state index in [0.29, 0.717) is 40.0 Å². The van der Waals surface area contributed by atoms with Gasteiger partial charge in [-0.25, -0.2) is 12.8 Å². The van der Waals surface area contributed by atoms with Gasteiger partial charge in [0.25, 0.3) is 5.91 Å². The number of carbonyl (C=O) groups excluding carboxylic acids is 1. The first-order valence-electron chi connectivity index (χ1n) is 9.18. The van der Waals surface area contributed by atoms with E-state index < -0.39 is 15.8 Å². The molecule has 0 atom stereocenters. The van der Waals surface area contributed by atoms with Gasteiger partial charge >= 0.3 is 0 Å². The quantitative estimate of drug-likeness (QED) is 0.657. The lowest BCUT2D eigenvalue weighted by Crippen LogP contribution is -2.26. The van der Waals surface area contributed by atoms with Gasteiger partial charge in [0.15, 0.2) is 0 Å². The van der Waals surface area contributed by atoms with Crippen molar-refractivity contribution in [2.75, 3.05) is 24.7 Å². The Bertz CT molecular complexity index is 1170. The summed E-state index contributed by atoms with van der Waals surface area (Å²) in [5, 5.41) is 3.20. The number of benzene rings is 2. The minimum atomic E-state index is -3.48. The summed E-state index contributed by atoms with van der Waals surface area (Å²) in [6.45, 7) is 1.99. The van der Waals surface area contributed by atoms with Crippen LogP contribution in [-0.4, -0.2) is 34.7 Å². The number of nitrogens with zero attached hydrogens (tertiary/aromatic N) is 1. The molecule has 0 saturated carbocycles. The van der Waals surface area contributed by atoms with Crippen molar-refractivity contribution in [3.63, 3.8) is 0 Å². The monoisotopic (exact) mass is 418 g/mol. The van der Waals surface area contributed by atoms with Crippen molar-refractivity contribution < 1.29 is 22.0 Å². The highest BCUT2D eigenvalue weighted by Gasteiger charge is 2.25. The summed E-state index contributed by atoms with van der Waals surface area (Å²) in [6.07, 6.45) is 2.57. The van der Waals surface area contributed by atoms with Crippen molar-refractivity contribution in [2.45, 2.75) is 19.8 Å². The van der Waals surface area contributed by atoms with Gasteiger partial charge in [-0.1, -0.05) is 13.3 Å². The summed E-state index contributed by atoms with van der Waals surface area (Å²) in [7, 11) is -0.468. The molecule has 0 spiro atoms. The molecular formula is C21H23FN2O4S. The molecule has 29 heavy (non-hydrogen) atoms. The standard InChI is InChI=1S/C21H23FN2O4S/c1-5-6-14-11-16-18(12-17(14)24(3)29(4,26)27)28-20(19(16)21(25)23-2)13-7-9-15(22)10-8-13/h7-12H,5-6H2,1-4H3,(H,23,25). The zero-order chi connectivity index (χ0) is 21.3. The van der Waals surface area contributed by atoms with Crippen molar-refractivity contribution >= 4 is 32.6 Å². The predicted octanol–water partition coefficient (Wildman–Crippen LogP) is 3.95. The third kappa shape index (κ3) is 3.98. The predicted molar refractivity (Wildman–Crippen MR) is 112 cm³/mol. The number of halogens is 1. The number of aryl methyl sites for hydroxylation is 1. The lowest BCUT2D eigenvalue weighted by atomic mass is 10.0. The van der Waals surface area contributed by atoms with Crippen LogP contribution in [0.5, 0.6) is 0 Å². The van der Waals surface area contributed by atoms with Crippen LogP contribution in [0.15, 0.2) is 40.8 Å². The van der Waals surface area contributed by atoms with Crippen LogP contribution in [0.1, 0.15) is 29.3 Å². The van der Waals surface area contributed by atoms with E-state index in [-0.39, 0.29) is 5.91 Å². The molecule has 1 N–H and O–H groups in total. The van der Waals surface area contributed by atoms with Gasteiger partial charge in [0.2, 0.25) is 10.0 Å². The first kappa shape index (κ1) is 20.9. The number of hydrogen-bond donors (Lipinski definition) is 1. The molecule has 1 aromatic heterocycles. The number of furan rings is 1. The van der Waals surface area contributed by atoms with E-state index in [0.717, 1.165) is 18.2 Å². The van der Waals surface area contributed by atoms with Crippen LogP contribution in [0.3, 0.4) is 0 Å². The summed E-state index contributed by atoms with van der Waals surface area (Å²) in [6, 6.07) is 9.10. The van der Waals surface area contributed by atoms with Crippen LogP contribution in [0.4, 0.5) is 10.1 Å². The SMILES string of the molecule is CCCc1cc2c(C(=O)NC)c(-c3ccc(F)cc3)oc2cc1N(C)S(C)(=O)=O. The summed E-state index contributed by atoms with van der Waals surface area (Å²) >= 11 is 0. The number of anilines is 1.